The first kappa shape index (κ1) is 8.04. The Bertz CT molecular complexity index is 349. The maximum atomic E-state index is 10.4. The lowest BCUT2D eigenvalue weighted by Crippen LogP contribution is -2.06. The molecule has 1 aromatic carbocycles. The van der Waals surface area contributed by atoms with E-state index in [1.807, 2.05) is 6.42 Å². The molecule has 1 heterocycles. The lowest BCUT2D eigenvalue weighted by molar-refractivity contribution is -0.384. The highest BCUT2D eigenvalue weighted by molar-refractivity contribution is 5.48. The Kier molecular flexibility index (Phi) is 1.88. The van der Waals surface area contributed by atoms with Gasteiger partial charge >= 0.3 is 0 Å². The van der Waals surface area contributed by atoms with Crippen LogP contribution in [0.4, 0.5) is 5.69 Å². The average molecular weight is 178 g/mol. The number of fused-ring (bicyclic) bond motifs is 1. The SMILES string of the molecule is O=[N+]([O-])c1ccc2c(c1)[CH]CCO2. The highest BCUT2D eigenvalue weighted by atomic mass is 16.6. The van der Waals surface area contributed by atoms with Crippen molar-refractivity contribution < 1.29 is 9.66 Å². The maximum absolute atomic E-state index is 10.4. The second-order valence-corrected chi connectivity index (χ2v) is 2.82. The fraction of sp³-hybridized carbons (Fsp3) is 0.222. The molecule has 67 valence electrons. The normalized spacial score (nSPS) is 14.5. The summed E-state index contributed by atoms with van der Waals surface area (Å²) < 4.78 is 5.30. The molecule has 0 amide bonds. The van der Waals surface area contributed by atoms with Crippen molar-refractivity contribution in [2.75, 3.05) is 6.61 Å². The van der Waals surface area contributed by atoms with Crippen molar-refractivity contribution in [2.45, 2.75) is 6.42 Å². The molecule has 0 unspecified atom stereocenters. The second-order valence-electron chi connectivity index (χ2n) is 2.82. The maximum Gasteiger partial charge on any atom is 0.269 e. The number of hydrogen-bond donors (Lipinski definition) is 0. The zero-order valence-electron chi connectivity index (χ0n) is 6.90. The van der Waals surface area contributed by atoms with Gasteiger partial charge in [0.2, 0.25) is 0 Å². The van der Waals surface area contributed by atoms with E-state index in [0.29, 0.717) is 6.61 Å². The van der Waals surface area contributed by atoms with E-state index in [-0.39, 0.29) is 5.69 Å². The van der Waals surface area contributed by atoms with E-state index in [4.69, 9.17) is 4.74 Å². The summed E-state index contributed by atoms with van der Waals surface area (Å²) in [6.45, 7) is 0.658. The Balaban J connectivity index is 2.40. The summed E-state index contributed by atoms with van der Waals surface area (Å²) in [5.74, 6) is 0.733. The largest absolute Gasteiger partial charge is 0.493 e. The molecule has 0 bridgehead atoms. The van der Waals surface area contributed by atoms with Gasteiger partial charge in [0.05, 0.1) is 11.5 Å². The van der Waals surface area contributed by atoms with E-state index < -0.39 is 4.92 Å². The van der Waals surface area contributed by atoms with Gasteiger partial charge in [-0.3, -0.25) is 10.1 Å². The van der Waals surface area contributed by atoms with Crippen molar-refractivity contribution in [3.8, 4) is 5.75 Å². The van der Waals surface area contributed by atoms with Gasteiger partial charge in [0, 0.05) is 17.7 Å². The predicted molar refractivity (Wildman–Crippen MR) is 46.6 cm³/mol. The van der Waals surface area contributed by atoms with Crippen molar-refractivity contribution in [3.63, 3.8) is 0 Å². The lowest BCUT2D eigenvalue weighted by atomic mass is 10.1. The van der Waals surface area contributed by atoms with Crippen LogP contribution < -0.4 is 4.74 Å². The highest BCUT2D eigenvalue weighted by Crippen LogP contribution is 2.29. The zero-order chi connectivity index (χ0) is 9.26. The summed E-state index contributed by atoms with van der Waals surface area (Å²) >= 11 is 0. The fourth-order valence-corrected chi connectivity index (χ4v) is 1.32. The first-order valence-corrected chi connectivity index (χ1v) is 4.02. The summed E-state index contributed by atoms with van der Waals surface area (Å²) in [6.07, 6.45) is 2.76. The van der Waals surface area contributed by atoms with Gasteiger partial charge in [-0.2, -0.15) is 0 Å². The predicted octanol–water partition coefficient (Wildman–Crippen LogP) is 1.93. The number of nitro groups is 1. The molecule has 1 aliphatic rings. The van der Waals surface area contributed by atoms with Crippen LogP contribution in [0.15, 0.2) is 18.2 Å². The van der Waals surface area contributed by atoms with Crippen LogP contribution in [-0.4, -0.2) is 11.5 Å². The fourth-order valence-electron chi connectivity index (χ4n) is 1.32. The van der Waals surface area contributed by atoms with Crippen LogP contribution in [0.3, 0.4) is 0 Å². The standard InChI is InChI=1S/C9H8NO3/c11-10(12)8-3-4-9-7(6-8)2-1-5-13-9/h2-4,6H,1,5H2. The number of rotatable bonds is 1. The molecule has 0 aromatic heterocycles. The van der Waals surface area contributed by atoms with E-state index in [1.165, 1.54) is 12.1 Å². The summed E-state index contributed by atoms with van der Waals surface area (Å²) in [5.41, 5.74) is 0.931. The molecule has 0 saturated carbocycles. The molecular weight excluding hydrogens is 170 g/mol. The first-order chi connectivity index (χ1) is 6.27. The van der Waals surface area contributed by atoms with Crippen molar-refractivity contribution in [3.05, 3.63) is 40.3 Å². The van der Waals surface area contributed by atoms with E-state index >= 15 is 0 Å². The minimum atomic E-state index is -0.400. The highest BCUT2D eigenvalue weighted by Gasteiger charge is 2.14. The van der Waals surface area contributed by atoms with Crippen LogP contribution in [0, 0.1) is 16.5 Å². The van der Waals surface area contributed by atoms with E-state index in [2.05, 4.69) is 0 Å². The van der Waals surface area contributed by atoms with Crippen LogP contribution in [0.2, 0.25) is 0 Å². The van der Waals surface area contributed by atoms with Crippen molar-refractivity contribution in [1.29, 1.82) is 0 Å². The lowest BCUT2D eigenvalue weighted by Gasteiger charge is -2.15. The smallest absolute Gasteiger partial charge is 0.269 e. The van der Waals surface area contributed by atoms with Gasteiger partial charge < -0.3 is 4.74 Å². The number of non-ortho nitro benzene ring substituents is 1. The molecule has 4 heteroatoms. The minimum absolute atomic E-state index is 0.112. The van der Waals surface area contributed by atoms with Crippen LogP contribution in [-0.2, 0) is 0 Å². The topological polar surface area (TPSA) is 52.4 Å². The average Bonchev–Trinajstić information content (AvgIpc) is 2.17. The summed E-state index contributed by atoms with van der Waals surface area (Å²) in [7, 11) is 0. The molecule has 0 N–H and O–H groups in total. The Labute approximate surface area is 75.3 Å². The molecular formula is C9H8NO3. The summed E-state index contributed by atoms with van der Waals surface area (Å²) in [6, 6.07) is 4.63. The van der Waals surface area contributed by atoms with Crippen LogP contribution in [0.1, 0.15) is 12.0 Å². The number of hydrogen-bond acceptors (Lipinski definition) is 3. The van der Waals surface area contributed by atoms with Crippen molar-refractivity contribution in [2.24, 2.45) is 0 Å². The van der Waals surface area contributed by atoms with Gasteiger partial charge in [-0.25, -0.2) is 0 Å². The molecule has 0 saturated heterocycles. The molecule has 0 atom stereocenters. The number of benzene rings is 1. The molecule has 1 radical (unpaired) electrons. The number of nitro benzene ring substituents is 1. The van der Waals surface area contributed by atoms with Crippen molar-refractivity contribution >= 4 is 5.69 Å². The van der Waals surface area contributed by atoms with Crippen molar-refractivity contribution in [1.82, 2.24) is 0 Å². The van der Waals surface area contributed by atoms with Crippen LogP contribution in [0.25, 0.3) is 0 Å². The Morgan fingerprint density at radius 3 is 3.08 bits per heavy atom. The molecule has 0 spiro atoms. The van der Waals surface area contributed by atoms with E-state index in [9.17, 15) is 10.1 Å². The Morgan fingerprint density at radius 1 is 1.46 bits per heavy atom. The summed E-state index contributed by atoms with van der Waals surface area (Å²) in [4.78, 5) is 10.0. The third-order valence-electron chi connectivity index (χ3n) is 1.94. The molecule has 0 fully saturated rings. The quantitative estimate of drug-likeness (QED) is 0.487. The minimum Gasteiger partial charge on any atom is -0.493 e. The molecule has 4 nitrogen and oxygen atoms in total. The second kappa shape index (κ2) is 3.05. The van der Waals surface area contributed by atoms with E-state index in [1.54, 1.807) is 6.07 Å². The van der Waals surface area contributed by atoms with Crippen LogP contribution in [0.5, 0.6) is 5.75 Å². The molecule has 2 rings (SSSR count). The summed E-state index contributed by atoms with van der Waals surface area (Å²) in [5, 5.41) is 10.4. The third-order valence-corrected chi connectivity index (χ3v) is 1.94. The molecule has 13 heavy (non-hydrogen) atoms. The molecule has 1 aromatic rings. The first-order valence-electron chi connectivity index (χ1n) is 4.02. The molecule has 0 aliphatic carbocycles. The Morgan fingerprint density at radius 2 is 2.31 bits per heavy atom. The van der Waals surface area contributed by atoms with E-state index in [0.717, 1.165) is 17.7 Å². The third kappa shape index (κ3) is 1.47. The van der Waals surface area contributed by atoms with Gasteiger partial charge in [0.15, 0.2) is 0 Å². The van der Waals surface area contributed by atoms with Gasteiger partial charge in [-0.15, -0.1) is 0 Å². The monoisotopic (exact) mass is 178 g/mol. The van der Waals surface area contributed by atoms with Gasteiger partial charge in [0.1, 0.15) is 5.75 Å². The van der Waals surface area contributed by atoms with Gasteiger partial charge in [0.25, 0.3) is 5.69 Å². The molecule has 1 aliphatic heterocycles. The number of nitrogens with zero attached hydrogens (tertiary/aromatic N) is 1. The number of ether oxygens (including phenoxy) is 1. The Hall–Kier alpha value is -1.58. The zero-order valence-corrected chi connectivity index (χ0v) is 6.90. The van der Waals surface area contributed by atoms with Gasteiger partial charge in [-0.1, -0.05) is 0 Å². The van der Waals surface area contributed by atoms with Crippen LogP contribution >= 0.6 is 0 Å². The van der Waals surface area contributed by atoms with Gasteiger partial charge in [-0.05, 0) is 18.9 Å².